The van der Waals surface area contributed by atoms with Crippen molar-refractivity contribution in [3.05, 3.63) is 59.4 Å². The van der Waals surface area contributed by atoms with Gasteiger partial charge >= 0.3 is 0 Å². The van der Waals surface area contributed by atoms with Crippen LogP contribution < -0.4 is 0 Å². The molecule has 2 heterocycles. The van der Waals surface area contributed by atoms with E-state index in [9.17, 15) is 0 Å². The van der Waals surface area contributed by atoms with Crippen LogP contribution >= 0.6 is 0 Å². The van der Waals surface area contributed by atoms with Gasteiger partial charge in [0.25, 0.3) is 0 Å². The van der Waals surface area contributed by atoms with Crippen LogP contribution in [0.25, 0.3) is 11.3 Å². The zero-order chi connectivity index (χ0) is 13.9. The lowest BCUT2D eigenvalue weighted by atomic mass is 10.1. The molecule has 0 fully saturated rings. The van der Waals surface area contributed by atoms with Gasteiger partial charge in [0.1, 0.15) is 11.5 Å². The highest BCUT2D eigenvalue weighted by atomic mass is 16.5. The summed E-state index contributed by atoms with van der Waals surface area (Å²) in [6.45, 7) is 3.80. The van der Waals surface area contributed by atoms with E-state index in [0.29, 0.717) is 11.6 Å². The van der Waals surface area contributed by atoms with Gasteiger partial charge in [0.15, 0.2) is 5.82 Å². The Morgan fingerprint density at radius 3 is 2.60 bits per heavy atom. The number of hydrogen-bond acceptors (Lipinski definition) is 3. The van der Waals surface area contributed by atoms with E-state index in [-0.39, 0.29) is 0 Å². The molecule has 4 heteroatoms. The number of hydrogen-bond donors (Lipinski definition) is 1. The Hall–Kier alpha value is -2.80. The summed E-state index contributed by atoms with van der Waals surface area (Å²) < 4.78 is 5.26. The van der Waals surface area contributed by atoms with Crippen LogP contribution in [0.4, 0.5) is 0 Å². The zero-order valence-corrected chi connectivity index (χ0v) is 11.3. The summed E-state index contributed by atoms with van der Waals surface area (Å²) in [4.78, 5) is 7.25. The van der Waals surface area contributed by atoms with E-state index in [1.165, 1.54) is 0 Å². The number of rotatable bonds is 1. The van der Waals surface area contributed by atoms with Crippen LogP contribution in [0.2, 0.25) is 0 Å². The Balaban J connectivity index is 2.03. The molecule has 0 atom stereocenters. The maximum absolute atomic E-state index is 5.26. The lowest BCUT2D eigenvalue weighted by molar-refractivity contribution is 0.399. The first-order valence-corrected chi connectivity index (χ1v) is 6.29. The summed E-state index contributed by atoms with van der Waals surface area (Å²) in [5.74, 6) is 7.44. The number of H-pyrrole nitrogens is 1. The lowest BCUT2D eigenvalue weighted by Crippen LogP contribution is -1.84. The van der Waals surface area contributed by atoms with Crippen molar-refractivity contribution < 1.29 is 4.52 Å². The third-order valence-corrected chi connectivity index (χ3v) is 2.92. The largest absolute Gasteiger partial charge is 0.360 e. The Labute approximate surface area is 116 Å². The smallest absolute Gasteiger partial charge is 0.183 e. The average Bonchev–Trinajstić information content (AvgIpc) is 3.04. The summed E-state index contributed by atoms with van der Waals surface area (Å²) in [6.07, 6.45) is 1.75. The van der Waals surface area contributed by atoms with Crippen LogP contribution in [-0.2, 0) is 0 Å². The molecule has 4 nitrogen and oxygen atoms in total. The molecule has 0 radical (unpaired) electrons. The van der Waals surface area contributed by atoms with E-state index in [0.717, 1.165) is 22.5 Å². The lowest BCUT2D eigenvalue weighted by Gasteiger charge is -1.95. The van der Waals surface area contributed by atoms with Crippen LogP contribution in [0.5, 0.6) is 0 Å². The molecule has 0 aliphatic carbocycles. The molecule has 0 amide bonds. The second-order valence-corrected chi connectivity index (χ2v) is 4.49. The molecule has 1 aromatic carbocycles. The molecular formula is C16H13N3O. The molecule has 1 N–H and O–H groups in total. The fourth-order valence-corrected chi connectivity index (χ4v) is 1.91. The molecule has 0 spiro atoms. The molecule has 3 aromatic rings. The average molecular weight is 263 g/mol. The molecule has 2 aromatic heterocycles. The first-order valence-electron chi connectivity index (χ1n) is 6.29. The summed E-state index contributed by atoms with van der Waals surface area (Å²) in [7, 11) is 0. The summed E-state index contributed by atoms with van der Waals surface area (Å²) >= 11 is 0. The molecule has 98 valence electrons. The standard InChI is InChI=1S/C16H13N3O/c1-11-10-17-15(18-11)9-8-14-12(2)20-19-16(14)13-6-4-3-5-7-13/h3-7,10H,1-2H3,(H,17,18). The summed E-state index contributed by atoms with van der Waals surface area (Å²) in [6, 6.07) is 9.87. The molecule has 0 aliphatic rings. The van der Waals surface area contributed by atoms with Crippen molar-refractivity contribution >= 4 is 0 Å². The van der Waals surface area contributed by atoms with E-state index in [1.807, 2.05) is 44.2 Å². The van der Waals surface area contributed by atoms with Crippen molar-refractivity contribution in [1.29, 1.82) is 0 Å². The summed E-state index contributed by atoms with van der Waals surface area (Å²) in [5.41, 5.74) is 3.54. The van der Waals surface area contributed by atoms with Gasteiger partial charge in [-0.15, -0.1) is 0 Å². The van der Waals surface area contributed by atoms with Crippen LogP contribution in [0.3, 0.4) is 0 Å². The van der Waals surface area contributed by atoms with Crippen molar-refractivity contribution in [3.8, 4) is 23.1 Å². The monoisotopic (exact) mass is 263 g/mol. The fourth-order valence-electron chi connectivity index (χ4n) is 1.91. The highest BCUT2D eigenvalue weighted by Gasteiger charge is 2.12. The Morgan fingerprint density at radius 1 is 1.10 bits per heavy atom. The highest BCUT2D eigenvalue weighted by molar-refractivity contribution is 5.67. The molecule has 0 unspecified atom stereocenters. The van der Waals surface area contributed by atoms with E-state index in [2.05, 4.69) is 27.0 Å². The van der Waals surface area contributed by atoms with Gasteiger partial charge in [-0.05, 0) is 19.8 Å². The second kappa shape index (κ2) is 5.06. The normalized spacial score (nSPS) is 10.1. The predicted molar refractivity (Wildman–Crippen MR) is 76.0 cm³/mol. The molecule has 0 saturated heterocycles. The minimum atomic E-state index is 0.641. The van der Waals surface area contributed by atoms with Crippen LogP contribution in [0, 0.1) is 25.7 Å². The van der Waals surface area contributed by atoms with Gasteiger partial charge in [0.05, 0.1) is 5.56 Å². The first-order chi connectivity index (χ1) is 9.74. The van der Waals surface area contributed by atoms with Crippen LogP contribution in [0.1, 0.15) is 22.8 Å². The van der Waals surface area contributed by atoms with Gasteiger partial charge in [0.2, 0.25) is 0 Å². The Kier molecular flexibility index (Phi) is 3.10. The van der Waals surface area contributed by atoms with Crippen molar-refractivity contribution in [2.24, 2.45) is 0 Å². The van der Waals surface area contributed by atoms with E-state index in [4.69, 9.17) is 4.52 Å². The maximum Gasteiger partial charge on any atom is 0.183 e. The van der Waals surface area contributed by atoms with Crippen LogP contribution in [-0.4, -0.2) is 15.1 Å². The SMILES string of the molecule is Cc1cnc(C#Cc2c(-c3ccccc3)noc2C)[nH]1. The third-order valence-electron chi connectivity index (χ3n) is 2.92. The number of aromatic amines is 1. The fraction of sp³-hybridized carbons (Fsp3) is 0.125. The molecule has 0 aliphatic heterocycles. The highest BCUT2D eigenvalue weighted by Crippen LogP contribution is 2.24. The Morgan fingerprint density at radius 2 is 1.90 bits per heavy atom. The van der Waals surface area contributed by atoms with E-state index < -0.39 is 0 Å². The van der Waals surface area contributed by atoms with Gasteiger partial charge < -0.3 is 9.51 Å². The summed E-state index contributed by atoms with van der Waals surface area (Å²) in [5, 5.41) is 4.10. The van der Waals surface area contributed by atoms with Gasteiger partial charge in [-0.25, -0.2) is 4.98 Å². The molecular weight excluding hydrogens is 250 g/mol. The topological polar surface area (TPSA) is 54.7 Å². The number of aromatic nitrogens is 3. The predicted octanol–water partition coefficient (Wildman–Crippen LogP) is 3.08. The zero-order valence-electron chi connectivity index (χ0n) is 11.3. The molecule has 0 bridgehead atoms. The van der Waals surface area contributed by atoms with Crippen LogP contribution in [0.15, 0.2) is 41.1 Å². The maximum atomic E-state index is 5.26. The quantitative estimate of drug-likeness (QED) is 0.686. The minimum Gasteiger partial charge on any atom is -0.360 e. The first kappa shape index (κ1) is 12.2. The van der Waals surface area contributed by atoms with Crippen molar-refractivity contribution in [2.45, 2.75) is 13.8 Å². The minimum absolute atomic E-state index is 0.641. The van der Waals surface area contributed by atoms with Gasteiger partial charge in [0, 0.05) is 17.5 Å². The van der Waals surface area contributed by atoms with E-state index >= 15 is 0 Å². The number of imidazole rings is 1. The number of nitrogens with zero attached hydrogens (tertiary/aromatic N) is 2. The number of aryl methyl sites for hydroxylation is 2. The molecule has 3 rings (SSSR count). The number of nitrogens with one attached hydrogen (secondary N) is 1. The van der Waals surface area contributed by atoms with Crippen molar-refractivity contribution in [2.75, 3.05) is 0 Å². The molecule has 20 heavy (non-hydrogen) atoms. The molecule has 0 saturated carbocycles. The van der Waals surface area contributed by atoms with Gasteiger partial charge in [-0.1, -0.05) is 41.4 Å². The van der Waals surface area contributed by atoms with Crippen molar-refractivity contribution in [3.63, 3.8) is 0 Å². The third kappa shape index (κ3) is 2.34. The van der Waals surface area contributed by atoms with Crippen molar-refractivity contribution in [1.82, 2.24) is 15.1 Å². The second-order valence-electron chi connectivity index (χ2n) is 4.49. The Bertz CT molecular complexity index is 788. The van der Waals surface area contributed by atoms with E-state index in [1.54, 1.807) is 6.20 Å². The van der Waals surface area contributed by atoms with Gasteiger partial charge in [-0.3, -0.25) is 0 Å². The van der Waals surface area contributed by atoms with Gasteiger partial charge in [-0.2, -0.15) is 0 Å². The number of benzene rings is 1.